The molecule has 0 aliphatic heterocycles. The van der Waals surface area contributed by atoms with Crippen LogP contribution in [0.4, 0.5) is 0 Å². The standard InChI is InChI=1S/C15H31N3O/c1-4-16-15(17-10-11-19-5-2)18-12-14-9-7-6-8-13(14)3/h13-14H,4-12H2,1-3H3,(H2,16,17,18). The minimum Gasteiger partial charge on any atom is -0.380 e. The molecule has 2 atom stereocenters. The van der Waals surface area contributed by atoms with Gasteiger partial charge in [0, 0.05) is 26.2 Å². The molecule has 0 aromatic heterocycles. The molecule has 0 aromatic carbocycles. The fraction of sp³-hybridized carbons (Fsp3) is 0.933. The smallest absolute Gasteiger partial charge is 0.191 e. The second-order valence-electron chi connectivity index (χ2n) is 5.37. The number of guanidine groups is 1. The first-order valence-corrected chi connectivity index (χ1v) is 7.87. The van der Waals surface area contributed by atoms with Gasteiger partial charge < -0.3 is 15.4 Å². The maximum atomic E-state index is 5.33. The lowest BCUT2D eigenvalue weighted by Crippen LogP contribution is -2.39. The monoisotopic (exact) mass is 269 g/mol. The van der Waals surface area contributed by atoms with E-state index in [1.54, 1.807) is 0 Å². The predicted molar refractivity (Wildman–Crippen MR) is 81.6 cm³/mol. The van der Waals surface area contributed by atoms with Crippen LogP contribution in [-0.4, -0.2) is 38.8 Å². The van der Waals surface area contributed by atoms with Crippen LogP contribution in [0, 0.1) is 11.8 Å². The summed E-state index contributed by atoms with van der Waals surface area (Å²) in [5.74, 6) is 2.51. The normalized spacial score (nSPS) is 24.3. The summed E-state index contributed by atoms with van der Waals surface area (Å²) in [4.78, 5) is 4.72. The third kappa shape index (κ3) is 6.81. The van der Waals surface area contributed by atoms with Gasteiger partial charge in [-0.3, -0.25) is 4.99 Å². The highest BCUT2D eigenvalue weighted by molar-refractivity contribution is 5.79. The molecule has 1 aliphatic carbocycles. The topological polar surface area (TPSA) is 45.7 Å². The largest absolute Gasteiger partial charge is 0.380 e. The van der Waals surface area contributed by atoms with Crippen LogP contribution in [0.25, 0.3) is 0 Å². The van der Waals surface area contributed by atoms with Gasteiger partial charge in [0.05, 0.1) is 6.61 Å². The molecule has 4 heteroatoms. The van der Waals surface area contributed by atoms with Crippen LogP contribution < -0.4 is 10.6 Å². The highest BCUT2D eigenvalue weighted by atomic mass is 16.5. The van der Waals surface area contributed by atoms with Gasteiger partial charge in [-0.25, -0.2) is 0 Å². The Morgan fingerprint density at radius 1 is 1.21 bits per heavy atom. The number of hydrogen-bond acceptors (Lipinski definition) is 2. The minimum atomic E-state index is 0.737. The Morgan fingerprint density at radius 3 is 2.68 bits per heavy atom. The van der Waals surface area contributed by atoms with Crippen molar-refractivity contribution in [3.05, 3.63) is 0 Å². The third-order valence-corrected chi connectivity index (χ3v) is 3.86. The van der Waals surface area contributed by atoms with E-state index in [0.717, 1.165) is 50.6 Å². The van der Waals surface area contributed by atoms with Crippen LogP contribution in [0.15, 0.2) is 4.99 Å². The lowest BCUT2D eigenvalue weighted by atomic mass is 9.80. The van der Waals surface area contributed by atoms with Gasteiger partial charge in [0.2, 0.25) is 0 Å². The van der Waals surface area contributed by atoms with E-state index in [9.17, 15) is 0 Å². The van der Waals surface area contributed by atoms with E-state index >= 15 is 0 Å². The molecule has 1 saturated carbocycles. The average Bonchev–Trinajstić information content (AvgIpc) is 2.42. The second kappa shape index (κ2) is 10.1. The molecule has 0 bridgehead atoms. The van der Waals surface area contributed by atoms with Gasteiger partial charge in [-0.2, -0.15) is 0 Å². The van der Waals surface area contributed by atoms with E-state index in [4.69, 9.17) is 9.73 Å². The highest BCUT2D eigenvalue weighted by Gasteiger charge is 2.20. The number of nitrogens with one attached hydrogen (secondary N) is 2. The summed E-state index contributed by atoms with van der Waals surface area (Å²) < 4.78 is 5.33. The lowest BCUT2D eigenvalue weighted by molar-refractivity contribution is 0.152. The summed E-state index contributed by atoms with van der Waals surface area (Å²) in [6.45, 7) is 10.7. The maximum absolute atomic E-state index is 5.33. The zero-order chi connectivity index (χ0) is 13.9. The maximum Gasteiger partial charge on any atom is 0.191 e. The van der Waals surface area contributed by atoms with Crippen LogP contribution in [0.3, 0.4) is 0 Å². The highest BCUT2D eigenvalue weighted by Crippen LogP contribution is 2.29. The molecule has 1 rings (SSSR count). The Morgan fingerprint density at radius 2 is 2.00 bits per heavy atom. The van der Waals surface area contributed by atoms with Gasteiger partial charge in [-0.1, -0.05) is 26.2 Å². The van der Waals surface area contributed by atoms with Gasteiger partial charge in [-0.15, -0.1) is 0 Å². The number of rotatable bonds is 7. The van der Waals surface area contributed by atoms with Crippen molar-refractivity contribution in [2.24, 2.45) is 16.8 Å². The molecule has 2 unspecified atom stereocenters. The van der Waals surface area contributed by atoms with Crippen molar-refractivity contribution in [2.45, 2.75) is 46.5 Å². The Kier molecular flexibility index (Phi) is 8.63. The molecule has 2 N–H and O–H groups in total. The summed E-state index contributed by atoms with van der Waals surface area (Å²) >= 11 is 0. The summed E-state index contributed by atoms with van der Waals surface area (Å²) in [6, 6.07) is 0. The van der Waals surface area contributed by atoms with Gasteiger partial charge in [0.25, 0.3) is 0 Å². The number of nitrogens with zero attached hydrogens (tertiary/aromatic N) is 1. The molecule has 0 aromatic rings. The van der Waals surface area contributed by atoms with E-state index < -0.39 is 0 Å². The first-order chi connectivity index (χ1) is 9.27. The Balaban J connectivity index is 2.33. The van der Waals surface area contributed by atoms with Crippen molar-refractivity contribution < 1.29 is 4.74 Å². The Labute approximate surface area is 118 Å². The summed E-state index contributed by atoms with van der Waals surface area (Å²) in [5.41, 5.74) is 0. The average molecular weight is 269 g/mol. The molecule has 0 heterocycles. The predicted octanol–water partition coefficient (Wildman–Crippen LogP) is 2.40. The quantitative estimate of drug-likeness (QED) is 0.424. The van der Waals surface area contributed by atoms with Crippen LogP contribution >= 0.6 is 0 Å². The molecule has 1 aliphatic rings. The van der Waals surface area contributed by atoms with E-state index in [2.05, 4.69) is 24.5 Å². The zero-order valence-electron chi connectivity index (χ0n) is 12.9. The number of aliphatic imine (C=N–C) groups is 1. The van der Waals surface area contributed by atoms with Crippen molar-refractivity contribution in [2.75, 3.05) is 32.8 Å². The molecular formula is C15H31N3O. The van der Waals surface area contributed by atoms with Crippen molar-refractivity contribution in [1.82, 2.24) is 10.6 Å². The fourth-order valence-corrected chi connectivity index (χ4v) is 2.60. The molecule has 0 saturated heterocycles. The minimum absolute atomic E-state index is 0.737. The van der Waals surface area contributed by atoms with Crippen molar-refractivity contribution >= 4 is 5.96 Å². The summed E-state index contributed by atoms with van der Waals surface area (Å²) in [5, 5.41) is 6.62. The van der Waals surface area contributed by atoms with Crippen molar-refractivity contribution in [1.29, 1.82) is 0 Å². The molecule has 112 valence electrons. The van der Waals surface area contributed by atoms with Gasteiger partial charge >= 0.3 is 0 Å². The second-order valence-corrected chi connectivity index (χ2v) is 5.37. The van der Waals surface area contributed by atoms with Gasteiger partial charge in [0.1, 0.15) is 0 Å². The molecule has 1 fully saturated rings. The third-order valence-electron chi connectivity index (χ3n) is 3.86. The number of ether oxygens (including phenoxy) is 1. The van der Waals surface area contributed by atoms with E-state index in [-0.39, 0.29) is 0 Å². The lowest BCUT2D eigenvalue weighted by Gasteiger charge is -2.27. The van der Waals surface area contributed by atoms with E-state index in [1.807, 2.05) is 6.92 Å². The molecule has 4 nitrogen and oxygen atoms in total. The first kappa shape index (κ1) is 16.3. The molecule has 19 heavy (non-hydrogen) atoms. The molecule has 0 radical (unpaired) electrons. The molecule has 0 amide bonds. The molecule has 0 spiro atoms. The van der Waals surface area contributed by atoms with Gasteiger partial charge in [-0.05, 0) is 32.1 Å². The summed E-state index contributed by atoms with van der Waals surface area (Å²) in [7, 11) is 0. The first-order valence-electron chi connectivity index (χ1n) is 7.87. The summed E-state index contributed by atoms with van der Waals surface area (Å²) in [6.07, 6.45) is 5.48. The van der Waals surface area contributed by atoms with Crippen LogP contribution in [0.2, 0.25) is 0 Å². The van der Waals surface area contributed by atoms with Crippen LogP contribution in [-0.2, 0) is 4.74 Å². The van der Waals surface area contributed by atoms with E-state index in [0.29, 0.717) is 0 Å². The number of hydrogen-bond donors (Lipinski definition) is 2. The van der Waals surface area contributed by atoms with Crippen LogP contribution in [0.5, 0.6) is 0 Å². The van der Waals surface area contributed by atoms with Crippen molar-refractivity contribution in [3.63, 3.8) is 0 Å². The fourth-order valence-electron chi connectivity index (χ4n) is 2.60. The SMILES string of the molecule is CCNC(=NCC1CCCCC1C)NCCOCC. The Hall–Kier alpha value is -0.770. The van der Waals surface area contributed by atoms with Crippen LogP contribution in [0.1, 0.15) is 46.5 Å². The van der Waals surface area contributed by atoms with Crippen molar-refractivity contribution in [3.8, 4) is 0 Å². The van der Waals surface area contributed by atoms with Gasteiger partial charge in [0.15, 0.2) is 5.96 Å². The molecular weight excluding hydrogens is 238 g/mol. The zero-order valence-corrected chi connectivity index (χ0v) is 12.9. The van der Waals surface area contributed by atoms with E-state index in [1.165, 1.54) is 25.7 Å². The Bertz CT molecular complexity index is 256.